The van der Waals surface area contributed by atoms with Crippen molar-refractivity contribution in [2.45, 2.75) is 39.9 Å². The van der Waals surface area contributed by atoms with Gasteiger partial charge in [0.2, 0.25) is 0 Å². The largest absolute Gasteiger partial charge is 0.460 e. The standard InChI is InChI=1S/C10H20NO5P/c1-7(2)15-10(12)6-8(3)9(4)16-17(11,13)14-5/h6-7,9H,1-5H3,(H2,11,13)/b8-6+. The van der Waals surface area contributed by atoms with E-state index in [4.69, 9.17) is 14.8 Å². The molecule has 0 aromatic heterocycles. The molecule has 0 saturated heterocycles. The highest BCUT2D eigenvalue weighted by Gasteiger charge is 2.21. The fourth-order valence-corrected chi connectivity index (χ4v) is 1.61. The van der Waals surface area contributed by atoms with Gasteiger partial charge in [-0.15, -0.1) is 0 Å². The molecule has 17 heavy (non-hydrogen) atoms. The lowest BCUT2D eigenvalue weighted by Gasteiger charge is -2.17. The van der Waals surface area contributed by atoms with E-state index < -0.39 is 19.8 Å². The molecule has 0 amide bonds. The Labute approximate surface area is 102 Å². The van der Waals surface area contributed by atoms with Gasteiger partial charge < -0.3 is 9.26 Å². The second-order valence-corrected chi connectivity index (χ2v) is 5.50. The van der Waals surface area contributed by atoms with Gasteiger partial charge in [0.05, 0.1) is 12.2 Å². The SMILES string of the molecule is COP(N)(=O)OC(C)/C(C)=C/C(=O)OC(C)C. The van der Waals surface area contributed by atoms with E-state index in [-0.39, 0.29) is 6.10 Å². The maximum absolute atomic E-state index is 11.4. The summed E-state index contributed by atoms with van der Waals surface area (Å²) in [5.41, 5.74) is 5.79. The van der Waals surface area contributed by atoms with Crippen molar-refractivity contribution in [1.82, 2.24) is 0 Å². The van der Waals surface area contributed by atoms with Gasteiger partial charge in [0.1, 0.15) is 0 Å². The van der Waals surface area contributed by atoms with Crippen LogP contribution in [-0.2, 0) is 23.1 Å². The zero-order chi connectivity index (χ0) is 13.6. The Hall–Kier alpha value is -0.680. The molecule has 6 nitrogen and oxygen atoms in total. The maximum atomic E-state index is 11.4. The quantitative estimate of drug-likeness (QED) is 0.449. The average Bonchev–Trinajstić information content (AvgIpc) is 2.15. The summed E-state index contributed by atoms with van der Waals surface area (Å²) in [4.78, 5) is 11.3. The van der Waals surface area contributed by atoms with Crippen LogP contribution in [0.15, 0.2) is 11.6 Å². The van der Waals surface area contributed by atoms with Crippen molar-refractivity contribution >= 4 is 13.7 Å². The highest BCUT2D eigenvalue weighted by Crippen LogP contribution is 2.40. The number of ether oxygens (including phenoxy) is 1. The minimum Gasteiger partial charge on any atom is -0.460 e. The zero-order valence-corrected chi connectivity index (χ0v) is 11.7. The molecule has 0 aliphatic heterocycles. The van der Waals surface area contributed by atoms with Crippen LogP contribution in [0, 0.1) is 0 Å². The fraction of sp³-hybridized carbons (Fsp3) is 0.700. The summed E-state index contributed by atoms with van der Waals surface area (Å²) in [5.74, 6) is -0.475. The van der Waals surface area contributed by atoms with Crippen molar-refractivity contribution in [2.24, 2.45) is 5.50 Å². The highest BCUT2D eigenvalue weighted by molar-refractivity contribution is 7.51. The van der Waals surface area contributed by atoms with Gasteiger partial charge in [-0.05, 0) is 33.3 Å². The third-order valence-electron chi connectivity index (χ3n) is 1.90. The number of rotatable bonds is 6. The summed E-state index contributed by atoms with van der Waals surface area (Å²) >= 11 is 0. The van der Waals surface area contributed by atoms with E-state index in [1.807, 2.05) is 0 Å². The van der Waals surface area contributed by atoms with E-state index in [1.54, 1.807) is 27.7 Å². The van der Waals surface area contributed by atoms with Gasteiger partial charge in [0.25, 0.3) is 0 Å². The fourth-order valence-electron chi connectivity index (χ4n) is 0.916. The van der Waals surface area contributed by atoms with Gasteiger partial charge in [-0.1, -0.05) is 0 Å². The number of hydrogen-bond donors (Lipinski definition) is 1. The molecule has 2 unspecified atom stereocenters. The van der Waals surface area contributed by atoms with Crippen LogP contribution in [0.4, 0.5) is 0 Å². The van der Waals surface area contributed by atoms with Crippen LogP contribution in [0.1, 0.15) is 27.7 Å². The van der Waals surface area contributed by atoms with E-state index in [9.17, 15) is 9.36 Å². The molecule has 0 bridgehead atoms. The molecule has 0 heterocycles. The Morgan fingerprint density at radius 1 is 1.35 bits per heavy atom. The molecule has 2 atom stereocenters. The smallest absolute Gasteiger partial charge is 0.403 e. The minimum absolute atomic E-state index is 0.192. The minimum atomic E-state index is -3.55. The Morgan fingerprint density at radius 3 is 2.29 bits per heavy atom. The predicted molar refractivity (Wildman–Crippen MR) is 64.3 cm³/mol. The first kappa shape index (κ1) is 16.3. The third-order valence-corrected chi connectivity index (χ3v) is 3.02. The predicted octanol–water partition coefficient (Wildman–Crippen LogP) is 2.00. The molecule has 0 aromatic carbocycles. The first-order valence-electron chi connectivity index (χ1n) is 5.19. The molecule has 100 valence electrons. The summed E-state index contributed by atoms with van der Waals surface area (Å²) in [6.45, 7) is 6.77. The monoisotopic (exact) mass is 265 g/mol. The molecular weight excluding hydrogens is 245 g/mol. The summed E-state index contributed by atoms with van der Waals surface area (Å²) in [5, 5.41) is 0. The zero-order valence-electron chi connectivity index (χ0n) is 10.8. The molecule has 0 fully saturated rings. The molecular formula is C10H20NO5P. The number of esters is 1. The maximum Gasteiger partial charge on any atom is 0.403 e. The first-order chi connectivity index (χ1) is 7.68. The number of carbonyl (C=O) groups excluding carboxylic acids is 1. The van der Waals surface area contributed by atoms with Gasteiger partial charge in [-0.3, -0.25) is 4.52 Å². The van der Waals surface area contributed by atoms with Gasteiger partial charge in [0.15, 0.2) is 0 Å². The summed E-state index contributed by atoms with van der Waals surface area (Å²) in [7, 11) is -2.35. The van der Waals surface area contributed by atoms with Gasteiger partial charge in [0, 0.05) is 13.2 Å². The highest BCUT2D eigenvalue weighted by atomic mass is 31.2. The molecule has 0 aliphatic carbocycles. The summed E-state index contributed by atoms with van der Waals surface area (Å²) in [6.07, 6.45) is 0.494. The van der Waals surface area contributed by atoms with Gasteiger partial charge in [-0.25, -0.2) is 14.9 Å². The molecule has 0 aromatic rings. The van der Waals surface area contributed by atoms with E-state index in [1.165, 1.54) is 13.2 Å². The summed E-state index contributed by atoms with van der Waals surface area (Å²) < 4.78 is 25.8. The van der Waals surface area contributed by atoms with Crippen LogP contribution in [0.2, 0.25) is 0 Å². The van der Waals surface area contributed by atoms with E-state index in [0.29, 0.717) is 5.57 Å². The van der Waals surface area contributed by atoms with E-state index in [2.05, 4.69) is 4.52 Å². The molecule has 7 heteroatoms. The topological polar surface area (TPSA) is 87.9 Å². The van der Waals surface area contributed by atoms with Crippen LogP contribution < -0.4 is 5.50 Å². The molecule has 0 rings (SSSR count). The van der Waals surface area contributed by atoms with Crippen molar-refractivity contribution in [2.75, 3.05) is 7.11 Å². The third kappa shape index (κ3) is 7.28. The molecule has 0 radical (unpaired) electrons. The summed E-state index contributed by atoms with van der Waals surface area (Å²) in [6, 6.07) is 0. The number of carbonyl (C=O) groups is 1. The second-order valence-electron chi connectivity index (χ2n) is 3.84. The lowest BCUT2D eigenvalue weighted by atomic mass is 10.2. The van der Waals surface area contributed by atoms with Crippen molar-refractivity contribution in [3.8, 4) is 0 Å². The Kier molecular flexibility index (Phi) is 6.64. The molecule has 0 saturated carbocycles. The molecule has 0 aliphatic rings. The Morgan fingerprint density at radius 2 is 1.88 bits per heavy atom. The van der Waals surface area contributed by atoms with Gasteiger partial charge >= 0.3 is 13.7 Å². The second kappa shape index (κ2) is 6.91. The van der Waals surface area contributed by atoms with Crippen molar-refractivity contribution in [3.05, 3.63) is 11.6 Å². The van der Waals surface area contributed by atoms with Crippen LogP contribution >= 0.6 is 7.75 Å². The van der Waals surface area contributed by atoms with Crippen LogP contribution in [0.25, 0.3) is 0 Å². The van der Waals surface area contributed by atoms with Crippen molar-refractivity contribution in [3.63, 3.8) is 0 Å². The number of hydrogen-bond acceptors (Lipinski definition) is 5. The Balaban J connectivity index is 4.49. The van der Waals surface area contributed by atoms with Crippen LogP contribution in [0.5, 0.6) is 0 Å². The molecule has 2 N–H and O–H groups in total. The van der Waals surface area contributed by atoms with Gasteiger partial charge in [-0.2, -0.15) is 0 Å². The van der Waals surface area contributed by atoms with Crippen molar-refractivity contribution in [1.29, 1.82) is 0 Å². The lowest BCUT2D eigenvalue weighted by molar-refractivity contribution is -0.141. The van der Waals surface area contributed by atoms with E-state index in [0.717, 1.165) is 0 Å². The Bertz CT molecular complexity index is 340. The lowest BCUT2D eigenvalue weighted by Crippen LogP contribution is -2.15. The first-order valence-corrected chi connectivity index (χ1v) is 6.80. The molecule has 0 spiro atoms. The van der Waals surface area contributed by atoms with Crippen LogP contribution in [0.3, 0.4) is 0 Å². The number of nitrogens with two attached hydrogens (primary N) is 1. The average molecular weight is 265 g/mol. The van der Waals surface area contributed by atoms with E-state index >= 15 is 0 Å². The van der Waals surface area contributed by atoms with Crippen molar-refractivity contribution < 1.29 is 23.1 Å². The van der Waals surface area contributed by atoms with Crippen LogP contribution in [-0.4, -0.2) is 25.3 Å². The normalized spacial score (nSPS) is 17.7.